The number of hydrogen-bond acceptors (Lipinski definition) is 7. The molecule has 0 saturated heterocycles. The predicted octanol–water partition coefficient (Wildman–Crippen LogP) is 2.30. The number of nitrogens with zero attached hydrogens (tertiary/aromatic N) is 4. The highest BCUT2D eigenvalue weighted by molar-refractivity contribution is 5.76. The first-order chi connectivity index (χ1) is 15.1. The van der Waals surface area contributed by atoms with E-state index in [1.54, 1.807) is 23.8 Å². The van der Waals surface area contributed by atoms with Gasteiger partial charge in [-0.3, -0.25) is 4.79 Å². The summed E-state index contributed by atoms with van der Waals surface area (Å²) in [6.45, 7) is 0.423. The first kappa shape index (κ1) is 21.0. The van der Waals surface area contributed by atoms with Crippen molar-refractivity contribution in [3.63, 3.8) is 0 Å². The molecule has 1 aromatic carbocycles. The summed E-state index contributed by atoms with van der Waals surface area (Å²) in [5.41, 5.74) is 1.69. The van der Waals surface area contributed by atoms with Gasteiger partial charge in [0.1, 0.15) is 11.6 Å². The number of fused-ring (bicyclic) bond motifs is 1. The van der Waals surface area contributed by atoms with Crippen LogP contribution in [-0.2, 0) is 16.0 Å². The van der Waals surface area contributed by atoms with Gasteiger partial charge in [-0.25, -0.2) is 0 Å². The van der Waals surface area contributed by atoms with Crippen molar-refractivity contribution in [1.82, 2.24) is 25.1 Å². The number of ether oxygens (including phenoxy) is 1. The van der Waals surface area contributed by atoms with Crippen LogP contribution in [0.25, 0.3) is 5.65 Å². The standard InChI is InChI=1S/C22H28N6O3/c1-31-13-12-22(30)24-18-5-3-2-4-17(18)23-19-10-11-20-25-26-21(28(20)27-19)14-15-6-8-16(29)9-7-15/h6-11,17-18,29H,2-5,12-14H2,1H3,(H,23,27)(H,24,30)/t17-,18+/m1/s1. The van der Waals surface area contributed by atoms with Crippen molar-refractivity contribution in [2.45, 2.75) is 50.6 Å². The first-order valence-corrected chi connectivity index (χ1v) is 10.7. The van der Waals surface area contributed by atoms with Crippen molar-refractivity contribution < 1.29 is 14.6 Å². The summed E-state index contributed by atoms with van der Waals surface area (Å²) >= 11 is 0. The van der Waals surface area contributed by atoms with Crippen LogP contribution in [0.15, 0.2) is 36.4 Å². The third kappa shape index (κ3) is 5.29. The van der Waals surface area contributed by atoms with Crippen molar-refractivity contribution >= 4 is 17.4 Å². The lowest BCUT2D eigenvalue weighted by Crippen LogP contribution is -2.48. The van der Waals surface area contributed by atoms with Crippen LogP contribution in [0.4, 0.5) is 5.82 Å². The minimum Gasteiger partial charge on any atom is -0.508 e. The first-order valence-electron chi connectivity index (χ1n) is 10.7. The second-order valence-corrected chi connectivity index (χ2v) is 7.90. The average Bonchev–Trinajstić information content (AvgIpc) is 3.17. The van der Waals surface area contributed by atoms with E-state index in [0.717, 1.165) is 42.9 Å². The molecule has 9 heteroatoms. The van der Waals surface area contributed by atoms with Crippen molar-refractivity contribution in [3.8, 4) is 5.75 Å². The summed E-state index contributed by atoms with van der Waals surface area (Å²) in [7, 11) is 1.60. The molecule has 0 aliphatic heterocycles. The summed E-state index contributed by atoms with van der Waals surface area (Å²) < 4.78 is 6.74. The van der Waals surface area contributed by atoms with E-state index in [-0.39, 0.29) is 23.7 Å². The third-order valence-electron chi connectivity index (χ3n) is 5.60. The van der Waals surface area contributed by atoms with E-state index in [1.165, 1.54) is 0 Å². The van der Waals surface area contributed by atoms with E-state index in [1.807, 2.05) is 24.3 Å². The molecule has 0 bridgehead atoms. The fourth-order valence-corrected chi connectivity index (χ4v) is 3.96. The number of carbonyl (C=O) groups excluding carboxylic acids is 1. The Morgan fingerprint density at radius 1 is 1.13 bits per heavy atom. The van der Waals surface area contributed by atoms with Gasteiger partial charge >= 0.3 is 0 Å². The van der Waals surface area contributed by atoms with Gasteiger partial charge < -0.3 is 20.5 Å². The zero-order valence-electron chi connectivity index (χ0n) is 17.6. The minimum absolute atomic E-state index is 0.0129. The molecular weight excluding hydrogens is 396 g/mol. The minimum atomic E-state index is 0.0129. The monoisotopic (exact) mass is 424 g/mol. The maximum Gasteiger partial charge on any atom is 0.222 e. The highest BCUT2D eigenvalue weighted by atomic mass is 16.5. The van der Waals surface area contributed by atoms with Gasteiger partial charge in [-0.1, -0.05) is 25.0 Å². The Hall–Kier alpha value is -3.20. The Labute approximate surface area is 180 Å². The number of nitrogens with one attached hydrogen (secondary N) is 2. The Balaban J connectivity index is 1.48. The molecule has 2 atom stereocenters. The van der Waals surface area contributed by atoms with Gasteiger partial charge in [-0.2, -0.15) is 4.52 Å². The second kappa shape index (κ2) is 9.74. The molecule has 2 heterocycles. The Morgan fingerprint density at radius 3 is 2.68 bits per heavy atom. The molecule has 1 saturated carbocycles. The normalized spacial score (nSPS) is 18.7. The number of methoxy groups -OCH3 is 1. The SMILES string of the molecule is COCCC(=O)N[C@H]1CCCC[C@H]1Nc1ccc2nnc(Cc3ccc(O)cc3)n2n1. The van der Waals surface area contributed by atoms with Crippen LogP contribution in [0.3, 0.4) is 0 Å². The quantitative estimate of drug-likeness (QED) is 0.508. The van der Waals surface area contributed by atoms with Gasteiger partial charge in [0.25, 0.3) is 0 Å². The molecule has 3 aromatic rings. The van der Waals surface area contributed by atoms with Gasteiger partial charge in [0.05, 0.1) is 6.61 Å². The van der Waals surface area contributed by atoms with Crippen LogP contribution in [0.1, 0.15) is 43.5 Å². The number of benzene rings is 1. The van der Waals surface area contributed by atoms with Crippen molar-refractivity contribution in [2.24, 2.45) is 0 Å². The number of amides is 1. The molecule has 1 aliphatic carbocycles. The topological polar surface area (TPSA) is 114 Å². The summed E-state index contributed by atoms with van der Waals surface area (Å²) in [5.74, 6) is 1.69. The van der Waals surface area contributed by atoms with E-state index in [9.17, 15) is 9.90 Å². The molecule has 3 N–H and O–H groups in total. The van der Waals surface area contributed by atoms with Crippen LogP contribution in [-0.4, -0.2) is 56.6 Å². The van der Waals surface area contributed by atoms with Crippen LogP contribution >= 0.6 is 0 Å². The molecular formula is C22H28N6O3. The lowest BCUT2D eigenvalue weighted by atomic mass is 9.90. The number of anilines is 1. The fourth-order valence-electron chi connectivity index (χ4n) is 3.96. The molecule has 1 amide bonds. The number of aromatic nitrogens is 4. The maximum atomic E-state index is 12.2. The molecule has 0 unspecified atom stereocenters. The van der Waals surface area contributed by atoms with E-state index in [4.69, 9.17) is 9.84 Å². The van der Waals surface area contributed by atoms with Gasteiger partial charge in [-0.05, 0) is 42.7 Å². The van der Waals surface area contributed by atoms with Crippen LogP contribution in [0, 0.1) is 0 Å². The maximum absolute atomic E-state index is 12.2. The molecule has 31 heavy (non-hydrogen) atoms. The summed E-state index contributed by atoms with van der Waals surface area (Å²) in [6.07, 6.45) is 5.05. The summed E-state index contributed by atoms with van der Waals surface area (Å²) in [4.78, 5) is 12.2. The molecule has 9 nitrogen and oxygen atoms in total. The predicted molar refractivity (Wildman–Crippen MR) is 116 cm³/mol. The zero-order chi connectivity index (χ0) is 21.6. The van der Waals surface area contributed by atoms with E-state index >= 15 is 0 Å². The fraction of sp³-hybridized carbons (Fsp3) is 0.455. The van der Waals surface area contributed by atoms with Crippen molar-refractivity contribution in [3.05, 3.63) is 47.8 Å². The third-order valence-corrected chi connectivity index (χ3v) is 5.60. The van der Waals surface area contributed by atoms with Crippen LogP contribution < -0.4 is 10.6 Å². The van der Waals surface area contributed by atoms with Crippen LogP contribution in [0.5, 0.6) is 5.75 Å². The van der Waals surface area contributed by atoms with E-state index in [2.05, 4.69) is 20.8 Å². The Kier molecular flexibility index (Phi) is 6.61. The number of carbonyl (C=O) groups is 1. The second-order valence-electron chi connectivity index (χ2n) is 7.90. The molecule has 4 rings (SSSR count). The molecule has 0 spiro atoms. The lowest BCUT2D eigenvalue weighted by molar-refractivity contribution is -0.122. The molecule has 1 aliphatic rings. The number of aromatic hydroxyl groups is 1. The molecule has 2 aromatic heterocycles. The average molecular weight is 425 g/mol. The largest absolute Gasteiger partial charge is 0.508 e. The summed E-state index contributed by atoms with van der Waals surface area (Å²) in [5, 5.41) is 29.3. The molecule has 0 radical (unpaired) electrons. The number of phenols is 1. The summed E-state index contributed by atoms with van der Waals surface area (Å²) in [6, 6.07) is 11.0. The highest BCUT2D eigenvalue weighted by Gasteiger charge is 2.27. The van der Waals surface area contributed by atoms with Gasteiger partial charge in [-0.15, -0.1) is 15.3 Å². The van der Waals surface area contributed by atoms with Crippen molar-refractivity contribution in [1.29, 1.82) is 0 Å². The molecule has 164 valence electrons. The zero-order valence-corrected chi connectivity index (χ0v) is 17.6. The number of hydrogen-bond donors (Lipinski definition) is 3. The van der Waals surface area contributed by atoms with Crippen molar-refractivity contribution in [2.75, 3.05) is 19.0 Å². The highest BCUT2D eigenvalue weighted by Crippen LogP contribution is 2.22. The van der Waals surface area contributed by atoms with Crippen LogP contribution in [0.2, 0.25) is 0 Å². The van der Waals surface area contributed by atoms with Gasteiger partial charge in [0.2, 0.25) is 5.91 Å². The molecule has 1 fully saturated rings. The van der Waals surface area contributed by atoms with Gasteiger partial charge in [0.15, 0.2) is 11.5 Å². The lowest BCUT2D eigenvalue weighted by Gasteiger charge is -2.33. The Morgan fingerprint density at radius 2 is 1.90 bits per heavy atom. The van der Waals surface area contributed by atoms with E-state index in [0.29, 0.717) is 25.1 Å². The number of phenolic OH excluding ortho intramolecular Hbond substituents is 1. The Bertz CT molecular complexity index is 1020. The van der Waals surface area contributed by atoms with Gasteiger partial charge in [0, 0.05) is 32.0 Å². The van der Waals surface area contributed by atoms with E-state index < -0.39 is 0 Å². The number of rotatable bonds is 8. The smallest absolute Gasteiger partial charge is 0.222 e.